The number of halogens is 3. The van der Waals surface area contributed by atoms with Crippen LogP contribution in [0.1, 0.15) is 17.3 Å². The summed E-state index contributed by atoms with van der Waals surface area (Å²) in [4.78, 5) is 10.9. The van der Waals surface area contributed by atoms with Gasteiger partial charge in [-0.2, -0.15) is 13.2 Å². The Morgan fingerprint density at radius 1 is 1.00 bits per heavy atom. The number of aldehydes is 1. The Kier molecular flexibility index (Phi) is 2.84. The summed E-state index contributed by atoms with van der Waals surface area (Å²) in [5.74, 6) is 0. The molecule has 0 N–H and O–H groups in total. The summed E-state index contributed by atoms with van der Waals surface area (Å²) in [6.07, 6.45) is -4.56. The van der Waals surface area contributed by atoms with E-state index in [1.165, 1.54) is 6.07 Å². The first-order chi connectivity index (χ1) is 8.95. The molecule has 0 aromatic heterocycles. The summed E-state index contributed by atoms with van der Waals surface area (Å²) in [5.41, 5.74) is -0.805. The minimum atomic E-state index is -4.64. The van der Waals surface area contributed by atoms with E-state index in [-0.39, 0.29) is 6.29 Å². The summed E-state index contributed by atoms with van der Waals surface area (Å²) in [5, 5.41) is 0. The molecule has 0 saturated carbocycles. The zero-order valence-corrected chi connectivity index (χ0v) is 9.16. The zero-order valence-electron chi connectivity index (χ0n) is 10.2. The largest absolute Gasteiger partial charge is 0.417 e. The second-order valence-corrected chi connectivity index (χ2v) is 3.68. The highest BCUT2D eigenvalue weighted by Gasteiger charge is 2.33. The first kappa shape index (κ1) is 11.0. The molecule has 0 aliphatic rings. The lowest BCUT2D eigenvalue weighted by Gasteiger charge is -2.11. The standard InChI is InChI=1S/C14H9F3O/c15-14(16,17)13-7-6-11(8-12(13)9-18)10-4-2-1-3-5-10/h1-9H/i8D. The van der Waals surface area contributed by atoms with Crippen LogP contribution in [0.15, 0.2) is 48.5 Å². The summed E-state index contributed by atoms with van der Waals surface area (Å²) in [6.45, 7) is 0. The number of benzene rings is 2. The molecule has 0 heterocycles. The van der Waals surface area contributed by atoms with Crippen LogP contribution in [0.25, 0.3) is 11.1 Å². The minimum absolute atomic E-state index is 0.0809. The summed E-state index contributed by atoms with van der Waals surface area (Å²) in [7, 11) is 0. The minimum Gasteiger partial charge on any atom is -0.298 e. The molecule has 0 aliphatic heterocycles. The highest BCUT2D eigenvalue weighted by molar-refractivity contribution is 5.81. The molecule has 92 valence electrons. The van der Waals surface area contributed by atoms with E-state index in [1.807, 2.05) is 0 Å². The molecule has 18 heavy (non-hydrogen) atoms. The van der Waals surface area contributed by atoms with E-state index < -0.39 is 23.3 Å². The van der Waals surface area contributed by atoms with Crippen LogP contribution in [0.3, 0.4) is 0 Å². The third kappa shape index (κ3) is 2.42. The third-order valence-electron chi connectivity index (χ3n) is 2.48. The van der Waals surface area contributed by atoms with Crippen LogP contribution in [-0.2, 0) is 6.18 Å². The maximum atomic E-state index is 12.7. The monoisotopic (exact) mass is 251 g/mol. The fraction of sp³-hybridized carbons (Fsp3) is 0.0714. The number of rotatable bonds is 2. The van der Waals surface area contributed by atoms with Crippen molar-refractivity contribution in [3.05, 3.63) is 59.6 Å². The van der Waals surface area contributed by atoms with Crippen molar-refractivity contribution in [3.8, 4) is 11.1 Å². The average molecular weight is 251 g/mol. The molecule has 0 aliphatic carbocycles. The summed E-state index contributed by atoms with van der Waals surface area (Å²) < 4.78 is 45.9. The molecule has 0 unspecified atom stereocenters. The van der Waals surface area contributed by atoms with Crippen molar-refractivity contribution in [3.63, 3.8) is 0 Å². The van der Waals surface area contributed by atoms with Gasteiger partial charge in [0.25, 0.3) is 0 Å². The van der Waals surface area contributed by atoms with Gasteiger partial charge in [0.2, 0.25) is 0 Å². The van der Waals surface area contributed by atoms with Crippen molar-refractivity contribution in [1.82, 2.24) is 0 Å². The number of alkyl halides is 3. The van der Waals surface area contributed by atoms with Gasteiger partial charge in [-0.15, -0.1) is 0 Å². The summed E-state index contributed by atoms with van der Waals surface area (Å²) in [6, 6.07) is 10.2. The van der Waals surface area contributed by atoms with Crippen molar-refractivity contribution < 1.29 is 19.3 Å². The molecule has 4 heteroatoms. The fourth-order valence-corrected chi connectivity index (χ4v) is 1.64. The van der Waals surface area contributed by atoms with Gasteiger partial charge >= 0.3 is 6.18 Å². The van der Waals surface area contributed by atoms with Crippen molar-refractivity contribution in [2.75, 3.05) is 0 Å². The number of hydrogen-bond acceptors (Lipinski definition) is 1. The fourth-order valence-electron chi connectivity index (χ4n) is 1.64. The van der Waals surface area contributed by atoms with Gasteiger partial charge in [-0.05, 0) is 23.2 Å². The predicted molar refractivity (Wildman–Crippen MR) is 62.3 cm³/mol. The number of hydrogen-bond donors (Lipinski definition) is 0. The average Bonchev–Trinajstić information content (AvgIpc) is 2.38. The highest BCUT2D eigenvalue weighted by Crippen LogP contribution is 2.33. The second kappa shape index (κ2) is 4.64. The Bertz CT molecular complexity index is 606. The maximum Gasteiger partial charge on any atom is 0.417 e. The van der Waals surface area contributed by atoms with E-state index >= 15 is 0 Å². The van der Waals surface area contributed by atoms with Crippen molar-refractivity contribution in [1.29, 1.82) is 0 Å². The molecule has 0 amide bonds. The van der Waals surface area contributed by atoms with E-state index in [2.05, 4.69) is 0 Å². The lowest BCUT2D eigenvalue weighted by Crippen LogP contribution is -2.08. The Hall–Kier alpha value is -2.10. The Morgan fingerprint density at radius 3 is 2.22 bits per heavy atom. The van der Waals surface area contributed by atoms with Gasteiger partial charge in [-0.25, -0.2) is 0 Å². The molecule has 0 fully saturated rings. The molecule has 2 rings (SSSR count). The Labute approximate surface area is 103 Å². The van der Waals surface area contributed by atoms with Crippen LogP contribution in [-0.4, -0.2) is 6.29 Å². The number of carbonyl (C=O) groups is 1. The first-order valence-electron chi connectivity index (χ1n) is 5.66. The smallest absolute Gasteiger partial charge is 0.298 e. The highest BCUT2D eigenvalue weighted by atomic mass is 19.4. The molecular weight excluding hydrogens is 241 g/mol. The molecule has 0 radical (unpaired) electrons. The van der Waals surface area contributed by atoms with Crippen molar-refractivity contribution in [2.45, 2.75) is 6.18 Å². The molecule has 0 spiro atoms. The third-order valence-corrected chi connectivity index (χ3v) is 2.48. The normalized spacial score (nSPS) is 12.1. The van der Waals surface area contributed by atoms with Gasteiger partial charge in [-0.3, -0.25) is 4.79 Å². The van der Waals surface area contributed by atoms with E-state index in [9.17, 15) is 18.0 Å². The molecule has 1 nitrogen and oxygen atoms in total. The topological polar surface area (TPSA) is 17.1 Å². The van der Waals surface area contributed by atoms with Gasteiger partial charge in [0, 0.05) is 5.56 Å². The van der Waals surface area contributed by atoms with Crippen LogP contribution in [0.2, 0.25) is 0 Å². The molecule has 0 saturated heterocycles. The summed E-state index contributed by atoms with van der Waals surface area (Å²) >= 11 is 0. The van der Waals surface area contributed by atoms with Crippen molar-refractivity contribution >= 4 is 6.29 Å². The van der Waals surface area contributed by atoms with Gasteiger partial charge in [0.1, 0.15) is 0 Å². The van der Waals surface area contributed by atoms with E-state index in [0.717, 1.165) is 6.07 Å². The predicted octanol–water partition coefficient (Wildman–Crippen LogP) is 4.18. The molecular formula is C14H9F3O. The van der Waals surface area contributed by atoms with Crippen LogP contribution >= 0.6 is 0 Å². The first-order valence-corrected chi connectivity index (χ1v) is 5.16. The molecule has 2 aromatic rings. The second-order valence-electron chi connectivity index (χ2n) is 3.68. The molecule has 2 aromatic carbocycles. The molecule has 0 atom stereocenters. The van der Waals surface area contributed by atoms with Gasteiger partial charge in [0.15, 0.2) is 6.29 Å². The van der Waals surface area contributed by atoms with Crippen LogP contribution in [0.4, 0.5) is 13.2 Å². The number of carbonyl (C=O) groups excluding carboxylic acids is 1. The van der Waals surface area contributed by atoms with E-state index in [0.29, 0.717) is 11.1 Å². The van der Waals surface area contributed by atoms with Gasteiger partial charge in [0.05, 0.1) is 6.93 Å². The lowest BCUT2D eigenvalue weighted by atomic mass is 9.99. The SMILES string of the molecule is [2H]c1c(-c2ccccc2)ccc(C(F)(F)F)c1C=O. The van der Waals surface area contributed by atoms with E-state index in [1.54, 1.807) is 30.3 Å². The zero-order chi connectivity index (χ0) is 14.0. The Morgan fingerprint density at radius 2 is 1.67 bits per heavy atom. The maximum absolute atomic E-state index is 12.7. The molecule has 0 bridgehead atoms. The van der Waals surface area contributed by atoms with Gasteiger partial charge < -0.3 is 0 Å². The van der Waals surface area contributed by atoms with Gasteiger partial charge in [-0.1, -0.05) is 36.4 Å². The lowest BCUT2D eigenvalue weighted by molar-refractivity contribution is -0.137. The quantitative estimate of drug-likeness (QED) is 0.731. The van der Waals surface area contributed by atoms with E-state index in [4.69, 9.17) is 1.37 Å². The van der Waals surface area contributed by atoms with Crippen LogP contribution < -0.4 is 0 Å². The van der Waals surface area contributed by atoms with Crippen LogP contribution in [0, 0.1) is 0 Å². The van der Waals surface area contributed by atoms with Crippen LogP contribution in [0.5, 0.6) is 0 Å². The van der Waals surface area contributed by atoms with Crippen molar-refractivity contribution in [2.24, 2.45) is 0 Å². The Balaban J connectivity index is 2.66.